The van der Waals surface area contributed by atoms with Crippen molar-refractivity contribution in [3.8, 4) is 0 Å². The van der Waals surface area contributed by atoms with Crippen LogP contribution >= 0.6 is 0 Å². The zero-order valence-corrected chi connectivity index (χ0v) is 8.96. The molecule has 0 saturated heterocycles. The summed E-state index contributed by atoms with van der Waals surface area (Å²) in [5.41, 5.74) is 0.724. The lowest BCUT2D eigenvalue weighted by Crippen LogP contribution is -2.16. The Bertz CT molecular complexity index is 300. The standard InChI is InChI=1S/C10H14F3N3/c1-8(3-2-4-10(11,12)13)16-9-5-14-7-15-6-9/h5-8,16H,2-4H2,1H3. The third-order valence-electron chi connectivity index (χ3n) is 2.07. The van der Waals surface area contributed by atoms with Gasteiger partial charge in [-0.1, -0.05) is 0 Å². The first-order valence-corrected chi connectivity index (χ1v) is 5.05. The number of nitrogens with one attached hydrogen (secondary N) is 1. The number of hydrogen-bond donors (Lipinski definition) is 1. The van der Waals surface area contributed by atoms with Crippen LogP contribution in [0, 0.1) is 0 Å². The minimum absolute atomic E-state index is 0.0200. The SMILES string of the molecule is CC(CCCC(F)(F)F)Nc1cncnc1. The van der Waals surface area contributed by atoms with E-state index in [1.54, 1.807) is 12.4 Å². The highest BCUT2D eigenvalue weighted by molar-refractivity contribution is 5.37. The summed E-state index contributed by atoms with van der Waals surface area (Å²) in [6.07, 6.45) is 0.389. The quantitative estimate of drug-likeness (QED) is 0.849. The summed E-state index contributed by atoms with van der Waals surface area (Å²) in [4.78, 5) is 7.61. The van der Waals surface area contributed by atoms with Crippen molar-refractivity contribution in [2.45, 2.75) is 38.4 Å². The van der Waals surface area contributed by atoms with Crippen LogP contribution in [-0.2, 0) is 0 Å². The maximum atomic E-state index is 11.9. The van der Waals surface area contributed by atoms with Crippen molar-refractivity contribution >= 4 is 5.69 Å². The van der Waals surface area contributed by atoms with E-state index in [1.165, 1.54) is 6.33 Å². The predicted octanol–water partition coefficient (Wildman–Crippen LogP) is 3.01. The van der Waals surface area contributed by atoms with Gasteiger partial charge in [-0.3, -0.25) is 0 Å². The molecule has 0 saturated carbocycles. The molecule has 0 fully saturated rings. The van der Waals surface area contributed by atoms with Crippen molar-refractivity contribution in [3.63, 3.8) is 0 Å². The minimum Gasteiger partial charge on any atom is -0.380 e. The lowest BCUT2D eigenvalue weighted by molar-refractivity contribution is -0.135. The Morgan fingerprint density at radius 2 is 1.94 bits per heavy atom. The Balaban J connectivity index is 2.24. The zero-order valence-electron chi connectivity index (χ0n) is 8.96. The minimum atomic E-state index is -4.06. The van der Waals surface area contributed by atoms with Crippen molar-refractivity contribution in [2.75, 3.05) is 5.32 Å². The molecule has 0 aliphatic heterocycles. The molecule has 0 aromatic carbocycles. The molecule has 0 bridgehead atoms. The molecule has 1 heterocycles. The molecule has 0 aliphatic carbocycles. The summed E-state index contributed by atoms with van der Waals surface area (Å²) in [7, 11) is 0. The maximum Gasteiger partial charge on any atom is 0.389 e. The van der Waals surface area contributed by atoms with E-state index < -0.39 is 12.6 Å². The average molecular weight is 233 g/mol. The number of halogens is 3. The van der Waals surface area contributed by atoms with Crippen LogP contribution in [0.2, 0.25) is 0 Å². The summed E-state index contributed by atoms with van der Waals surface area (Å²) in [5, 5.41) is 3.04. The van der Waals surface area contributed by atoms with Gasteiger partial charge in [-0.05, 0) is 19.8 Å². The van der Waals surface area contributed by atoms with Crippen LogP contribution in [0.1, 0.15) is 26.2 Å². The Morgan fingerprint density at radius 3 is 2.50 bits per heavy atom. The van der Waals surface area contributed by atoms with Crippen LogP contribution in [0.5, 0.6) is 0 Å². The molecule has 1 N–H and O–H groups in total. The number of nitrogens with zero attached hydrogens (tertiary/aromatic N) is 2. The molecule has 1 rings (SSSR count). The van der Waals surface area contributed by atoms with Crippen LogP contribution in [0.15, 0.2) is 18.7 Å². The molecular weight excluding hydrogens is 219 g/mol. The van der Waals surface area contributed by atoms with Gasteiger partial charge in [0.25, 0.3) is 0 Å². The molecule has 1 atom stereocenters. The van der Waals surface area contributed by atoms with Crippen LogP contribution < -0.4 is 5.32 Å². The third kappa shape index (κ3) is 5.53. The number of anilines is 1. The van der Waals surface area contributed by atoms with Crippen LogP contribution in [-0.4, -0.2) is 22.2 Å². The molecule has 6 heteroatoms. The van der Waals surface area contributed by atoms with E-state index in [4.69, 9.17) is 0 Å². The van der Waals surface area contributed by atoms with Crippen LogP contribution in [0.4, 0.5) is 18.9 Å². The fourth-order valence-corrected chi connectivity index (χ4v) is 1.34. The van der Waals surface area contributed by atoms with Gasteiger partial charge < -0.3 is 5.32 Å². The number of alkyl halides is 3. The first-order chi connectivity index (χ1) is 7.47. The highest BCUT2D eigenvalue weighted by Gasteiger charge is 2.26. The second-order valence-electron chi connectivity index (χ2n) is 3.68. The molecule has 16 heavy (non-hydrogen) atoms. The van der Waals surface area contributed by atoms with Crippen molar-refractivity contribution in [1.29, 1.82) is 0 Å². The summed E-state index contributed by atoms with van der Waals surface area (Å²) >= 11 is 0. The van der Waals surface area contributed by atoms with Gasteiger partial charge in [0.2, 0.25) is 0 Å². The predicted molar refractivity (Wildman–Crippen MR) is 55.0 cm³/mol. The van der Waals surface area contributed by atoms with E-state index in [9.17, 15) is 13.2 Å². The van der Waals surface area contributed by atoms with Crippen molar-refractivity contribution < 1.29 is 13.2 Å². The summed E-state index contributed by atoms with van der Waals surface area (Å²) < 4.78 is 35.7. The van der Waals surface area contributed by atoms with Gasteiger partial charge in [0.1, 0.15) is 6.33 Å². The van der Waals surface area contributed by atoms with E-state index in [1.807, 2.05) is 6.92 Å². The van der Waals surface area contributed by atoms with Crippen molar-refractivity contribution in [3.05, 3.63) is 18.7 Å². The van der Waals surface area contributed by atoms with Gasteiger partial charge in [-0.25, -0.2) is 9.97 Å². The smallest absolute Gasteiger partial charge is 0.380 e. The Kier molecular flexibility index (Phi) is 4.52. The highest BCUT2D eigenvalue weighted by atomic mass is 19.4. The van der Waals surface area contributed by atoms with E-state index in [0.717, 1.165) is 5.69 Å². The Hall–Kier alpha value is -1.33. The Morgan fingerprint density at radius 1 is 1.31 bits per heavy atom. The molecule has 0 radical (unpaired) electrons. The second-order valence-corrected chi connectivity index (χ2v) is 3.68. The average Bonchev–Trinajstić information content (AvgIpc) is 2.17. The molecule has 3 nitrogen and oxygen atoms in total. The maximum absolute atomic E-state index is 11.9. The zero-order chi connectivity index (χ0) is 12.0. The molecule has 1 unspecified atom stereocenters. The second kappa shape index (κ2) is 5.67. The van der Waals surface area contributed by atoms with E-state index in [2.05, 4.69) is 15.3 Å². The van der Waals surface area contributed by atoms with Crippen molar-refractivity contribution in [2.24, 2.45) is 0 Å². The lowest BCUT2D eigenvalue weighted by atomic mass is 10.1. The lowest BCUT2D eigenvalue weighted by Gasteiger charge is -2.14. The number of aromatic nitrogens is 2. The summed E-state index contributed by atoms with van der Waals surface area (Å²) in [6, 6.07) is -0.0200. The van der Waals surface area contributed by atoms with Gasteiger partial charge in [0.05, 0.1) is 18.1 Å². The van der Waals surface area contributed by atoms with E-state index in [0.29, 0.717) is 6.42 Å². The van der Waals surface area contributed by atoms with Gasteiger partial charge >= 0.3 is 6.18 Å². The van der Waals surface area contributed by atoms with Gasteiger partial charge in [-0.15, -0.1) is 0 Å². The highest BCUT2D eigenvalue weighted by Crippen LogP contribution is 2.23. The molecule has 1 aromatic heterocycles. The largest absolute Gasteiger partial charge is 0.389 e. The van der Waals surface area contributed by atoms with E-state index >= 15 is 0 Å². The van der Waals surface area contributed by atoms with Crippen LogP contribution in [0.3, 0.4) is 0 Å². The molecule has 0 aliphatic rings. The molecule has 0 amide bonds. The summed E-state index contributed by atoms with van der Waals surface area (Å²) in [5.74, 6) is 0. The van der Waals surface area contributed by atoms with Gasteiger partial charge in [0.15, 0.2) is 0 Å². The molecular formula is C10H14F3N3. The van der Waals surface area contributed by atoms with Gasteiger partial charge in [0, 0.05) is 12.5 Å². The normalized spacial score (nSPS) is 13.5. The third-order valence-corrected chi connectivity index (χ3v) is 2.07. The summed E-state index contributed by atoms with van der Waals surface area (Å²) in [6.45, 7) is 1.84. The molecule has 1 aromatic rings. The van der Waals surface area contributed by atoms with E-state index in [-0.39, 0.29) is 12.5 Å². The number of hydrogen-bond acceptors (Lipinski definition) is 3. The molecule has 0 spiro atoms. The van der Waals surface area contributed by atoms with Crippen molar-refractivity contribution in [1.82, 2.24) is 9.97 Å². The Labute approximate surface area is 92.1 Å². The monoisotopic (exact) mass is 233 g/mol. The van der Waals surface area contributed by atoms with Crippen LogP contribution in [0.25, 0.3) is 0 Å². The fraction of sp³-hybridized carbons (Fsp3) is 0.600. The molecule has 90 valence electrons. The van der Waals surface area contributed by atoms with Gasteiger partial charge in [-0.2, -0.15) is 13.2 Å². The topological polar surface area (TPSA) is 37.8 Å². The number of rotatable bonds is 5. The fourth-order valence-electron chi connectivity index (χ4n) is 1.34. The first-order valence-electron chi connectivity index (χ1n) is 5.05. The first kappa shape index (κ1) is 12.7.